The van der Waals surface area contributed by atoms with Crippen molar-refractivity contribution in [3.05, 3.63) is 107 Å². The number of sulfone groups is 1. The largest absolute Gasteiger partial charge is 0.371 e. The average molecular weight is 562 g/mol. The molecule has 200 valence electrons. The van der Waals surface area contributed by atoms with Crippen LogP contribution in [0.1, 0.15) is 30.9 Å². The van der Waals surface area contributed by atoms with Crippen molar-refractivity contribution in [2.45, 2.75) is 24.7 Å². The van der Waals surface area contributed by atoms with E-state index in [1.54, 1.807) is 36.7 Å². The molecule has 0 spiro atoms. The smallest absolute Gasteiger partial charge is 0.175 e. The van der Waals surface area contributed by atoms with Crippen LogP contribution in [0.3, 0.4) is 0 Å². The fourth-order valence-electron chi connectivity index (χ4n) is 4.97. The molecule has 1 aliphatic rings. The number of pyridine rings is 1. The summed E-state index contributed by atoms with van der Waals surface area (Å²) in [5, 5.41) is 0.0849. The normalized spacial score (nSPS) is 14.4. The van der Waals surface area contributed by atoms with Gasteiger partial charge in [-0.05, 0) is 78.1 Å². The van der Waals surface area contributed by atoms with Crippen LogP contribution in [0.5, 0.6) is 0 Å². The van der Waals surface area contributed by atoms with Crippen LogP contribution in [0.15, 0.2) is 89.9 Å². The third kappa shape index (κ3) is 5.84. The number of hydrogen-bond donors (Lipinski definition) is 1. The quantitative estimate of drug-likeness (QED) is 0.254. The van der Waals surface area contributed by atoms with E-state index in [0.29, 0.717) is 4.90 Å². The van der Waals surface area contributed by atoms with Gasteiger partial charge in [0.25, 0.3) is 0 Å². The lowest BCUT2D eigenvalue weighted by molar-refractivity contribution is 0.372. The molecule has 5 nitrogen and oxygen atoms in total. The van der Waals surface area contributed by atoms with Crippen molar-refractivity contribution in [3.63, 3.8) is 0 Å². The Bertz CT molecular complexity index is 1660. The number of H-pyrrole nitrogens is 1. The van der Waals surface area contributed by atoms with Crippen molar-refractivity contribution in [3.8, 4) is 22.4 Å². The molecule has 5 rings (SSSR count). The minimum absolute atomic E-state index is 0.0849. The molecule has 3 heterocycles. The zero-order chi connectivity index (χ0) is 27.6. The lowest BCUT2D eigenvalue weighted by atomic mass is 9.92. The van der Waals surface area contributed by atoms with E-state index < -0.39 is 15.7 Å². The molecule has 0 fully saturated rings. The van der Waals surface area contributed by atoms with E-state index in [1.165, 1.54) is 23.6 Å². The molecule has 1 N–H and O–H groups in total. The van der Waals surface area contributed by atoms with Gasteiger partial charge in [0.15, 0.2) is 9.84 Å². The van der Waals surface area contributed by atoms with Crippen LogP contribution in [0, 0.1) is 5.82 Å². The van der Waals surface area contributed by atoms with Gasteiger partial charge in [-0.3, -0.25) is 4.98 Å². The van der Waals surface area contributed by atoms with Gasteiger partial charge in [0.05, 0.1) is 15.6 Å². The molecule has 0 amide bonds. The summed E-state index contributed by atoms with van der Waals surface area (Å²) in [5.41, 5.74) is 8.27. The maximum Gasteiger partial charge on any atom is 0.175 e. The van der Waals surface area contributed by atoms with Gasteiger partial charge in [-0.15, -0.1) is 0 Å². The second kappa shape index (κ2) is 11.2. The first-order chi connectivity index (χ1) is 18.7. The zero-order valence-electron chi connectivity index (χ0n) is 21.8. The minimum Gasteiger partial charge on any atom is -0.371 e. The van der Waals surface area contributed by atoms with Crippen molar-refractivity contribution < 1.29 is 12.8 Å². The number of halogens is 2. The first kappa shape index (κ1) is 26.9. The van der Waals surface area contributed by atoms with E-state index in [-0.39, 0.29) is 5.02 Å². The highest BCUT2D eigenvalue weighted by Gasteiger charge is 2.22. The van der Waals surface area contributed by atoms with Crippen LogP contribution < -0.4 is 0 Å². The highest BCUT2D eigenvalue weighted by molar-refractivity contribution is 7.90. The number of benzene rings is 2. The van der Waals surface area contributed by atoms with Crippen LogP contribution in [0.25, 0.3) is 34.0 Å². The van der Waals surface area contributed by atoms with E-state index in [4.69, 9.17) is 11.6 Å². The monoisotopic (exact) mass is 561 g/mol. The van der Waals surface area contributed by atoms with Crippen molar-refractivity contribution in [2.24, 2.45) is 0 Å². The third-order valence-corrected chi connectivity index (χ3v) is 8.44. The van der Waals surface area contributed by atoms with Crippen molar-refractivity contribution in [1.82, 2.24) is 14.9 Å². The average Bonchev–Trinajstić information content (AvgIpc) is 3.39. The van der Waals surface area contributed by atoms with Gasteiger partial charge in [0.2, 0.25) is 0 Å². The molecule has 39 heavy (non-hydrogen) atoms. The van der Waals surface area contributed by atoms with Gasteiger partial charge in [-0.2, -0.15) is 0 Å². The maximum atomic E-state index is 13.9. The Hall–Kier alpha value is -3.68. The molecular formula is C31H29ClFN3O2S. The molecule has 2 aromatic carbocycles. The van der Waals surface area contributed by atoms with E-state index in [2.05, 4.69) is 33.9 Å². The molecule has 0 atom stereocenters. The number of allylic oxidation sites excluding steroid dienone is 1. The van der Waals surface area contributed by atoms with Crippen LogP contribution >= 0.6 is 11.6 Å². The van der Waals surface area contributed by atoms with Crippen molar-refractivity contribution >= 4 is 33.1 Å². The maximum absolute atomic E-state index is 13.9. The van der Waals surface area contributed by atoms with Crippen molar-refractivity contribution in [2.75, 3.05) is 19.3 Å². The molecule has 0 bridgehead atoms. The molecular weight excluding hydrogens is 533 g/mol. The fourth-order valence-corrected chi connectivity index (χ4v) is 5.78. The number of aromatic nitrogens is 2. The fraction of sp³-hybridized carbons (Fsp3) is 0.194. The summed E-state index contributed by atoms with van der Waals surface area (Å²) in [7, 11) is -3.22. The third-order valence-electron chi connectivity index (χ3n) is 7.02. The summed E-state index contributed by atoms with van der Waals surface area (Å²) in [4.78, 5) is 10.3. The SMILES string of the molecule is CCC(=Cc1ccc(S(C)(=O)=O)cc1)N1CC=C(c2c[nH]c(-c3ccc(F)c(Cl)c3)c2-c2ccncc2)CC1. The van der Waals surface area contributed by atoms with E-state index in [9.17, 15) is 12.8 Å². The molecule has 0 radical (unpaired) electrons. The van der Waals surface area contributed by atoms with Crippen LogP contribution in [0.2, 0.25) is 5.02 Å². The van der Waals surface area contributed by atoms with Gasteiger partial charge < -0.3 is 9.88 Å². The minimum atomic E-state index is -3.22. The predicted octanol–water partition coefficient (Wildman–Crippen LogP) is 7.48. The van der Waals surface area contributed by atoms with Crippen LogP contribution in [-0.2, 0) is 9.84 Å². The van der Waals surface area contributed by atoms with E-state index in [0.717, 1.165) is 59.4 Å². The number of hydrogen-bond acceptors (Lipinski definition) is 4. The van der Waals surface area contributed by atoms with E-state index >= 15 is 0 Å². The van der Waals surface area contributed by atoms with Gasteiger partial charge in [-0.25, -0.2) is 12.8 Å². The molecule has 2 aromatic heterocycles. The van der Waals surface area contributed by atoms with Gasteiger partial charge in [0, 0.05) is 60.3 Å². The Morgan fingerprint density at radius 2 is 1.85 bits per heavy atom. The van der Waals surface area contributed by atoms with Gasteiger partial charge in [0.1, 0.15) is 5.82 Å². The van der Waals surface area contributed by atoms with Gasteiger partial charge in [-0.1, -0.05) is 36.7 Å². The lowest BCUT2D eigenvalue weighted by Gasteiger charge is -2.30. The summed E-state index contributed by atoms with van der Waals surface area (Å²) in [5.74, 6) is -0.445. The summed E-state index contributed by atoms with van der Waals surface area (Å²) < 4.78 is 37.4. The van der Waals surface area contributed by atoms with Crippen LogP contribution in [0.4, 0.5) is 4.39 Å². The number of aromatic amines is 1. The highest BCUT2D eigenvalue weighted by Crippen LogP contribution is 2.40. The first-order valence-electron chi connectivity index (χ1n) is 12.8. The standard InChI is InChI=1S/C31H29ClFN3O2S/c1-3-25(18-21-4-7-26(8-5-21)39(2,37)38)36-16-12-22(13-17-36)27-20-35-31(24-6-9-29(33)28(32)19-24)30(27)23-10-14-34-15-11-23/h4-12,14-15,18-20,35H,3,13,16-17H2,1-2H3. The molecule has 0 unspecified atom stereocenters. The zero-order valence-corrected chi connectivity index (χ0v) is 23.4. The first-order valence-corrected chi connectivity index (χ1v) is 15.0. The van der Waals surface area contributed by atoms with Gasteiger partial charge >= 0.3 is 0 Å². The summed E-state index contributed by atoms with van der Waals surface area (Å²) in [6.07, 6.45) is 12.9. The molecule has 1 aliphatic heterocycles. The number of nitrogens with one attached hydrogen (secondary N) is 1. The number of rotatable bonds is 7. The highest BCUT2D eigenvalue weighted by atomic mass is 35.5. The molecule has 0 aliphatic carbocycles. The molecule has 0 saturated carbocycles. The van der Waals surface area contributed by atoms with Crippen molar-refractivity contribution in [1.29, 1.82) is 0 Å². The lowest BCUT2D eigenvalue weighted by Crippen LogP contribution is -2.27. The second-order valence-electron chi connectivity index (χ2n) is 9.57. The Morgan fingerprint density at radius 1 is 1.10 bits per heavy atom. The van der Waals surface area contributed by atoms with Crippen LogP contribution in [-0.4, -0.2) is 42.6 Å². The Balaban J connectivity index is 1.45. The molecule has 8 heteroatoms. The predicted molar refractivity (Wildman–Crippen MR) is 156 cm³/mol. The topological polar surface area (TPSA) is 66.1 Å². The summed E-state index contributed by atoms with van der Waals surface area (Å²) in [6.45, 7) is 3.74. The Kier molecular flexibility index (Phi) is 7.73. The molecule has 4 aromatic rings. The second-order valence-corrected chi connectivity index (χ2v) is 12.0. The molecule has 0 saturated heterocycles. The summed E-state index contributed by atoms with van der Waals surface area (Å²) in [6, 6.07) is 15.7. The Labute approximate surface area is 233 Å². The Morgan fingerprint density at radius 3 is 2.46 bits per heavy atom. The number of nitrogens with zero attached hydrogens (tertiary/aromatic N) is 2. The summed E-state index contributed by atoms with van der Waals surface area (Å²) >= 11 is 6.11. The van der Waals surface area contributed by atoms with E-state index in [1.807, 2.05) is 30.5 Å².